The van der Waals surface area contributed by atoms with Crippen LogP contribution < -0.4 is 5.32 Å². The number of oxazole rings is 1. The molecular formula is C20H19N7O2. The number of amides is 2. The molecule has 9 nitrogen and oxygen atoms in total. The van der Waals surface area contributed by atoms with Crippen molar-refractivity contribution in [1.29, 1.82) is 0 Å². The molecule has 4 heterocycles. The Labute approximate surface area is 166 Å². The third kappa shape index (κ3) is 3.31. The molecule has 1 aliphatic heterocycles. The van der Waals surface area contributed by atoms with Crippen molar-refractivity contribution in [2.45, 2.75) is 26.9 Å². The number of nitrogens with zero attached hydrogens (tertiary/aromatic N) is 6. The molecule has 3 aromatic heterocycles. The molecule has 4 aromatic rings. The highest BCUT2D eigenvalue weighted by Gasteiger charge is 2.22. The van der Waals surface area contributed by atoms with Crippen LogP contribution in [0.5, 0.6) is 0 Å². The van der Waals surface area contributed by atoms with Crippen LogP contribution in [0, 0.1) is 13.8 Å². The number of rotatable bonds is 2. The van der Waals surface area contributed by atoms with Crippen LogP contribution in [0.15, 0.2) is 41.1 Å². The van der Waals surface area contributed by atoms with E-state index in [1.54, 1.807) is 18.0 Å². The van der Waals surface area contributed by atoms with Gasteiger partial charge < -0.3 is 13.9 Å². The number of hydrogen-bond acceptors (Lipinski definition) is 6. The van der Waals surface area contributed by atoms with Gasteiger partial charge in [0.05, 0.1) is 24.0 Å². The Morgan fingerprint density at radius 1 is 1.17 bits per heavy atom. The summed E-state index contributed by atoms with van der Waals surface area (Å²) in [5.41, 5.74) is 2.58. The Morgan fingerprint density at radius 2 is 2.07 bits per heavy atom. The van der Waals surface area contributed by atoms with Gasteiger partial charge in [0, 0.05) is 37.2 Å². The van der Waals surface area contributed by atoms with Gasteiger partial charge in [0.2, 0.25) is 0 Å². The molecular weight excluding hydrogens is 370 g/mol. The predicted molar refractivity (Wildman–Crippen MR) is 106 cm³/mol. The van der Waals surface area contributed by atoms with E-state index in [2.05, 4.69) is 30.0 Å². The lowest BCUT2D eigenvalue weighted by atomic mass is 10.1. The molecule has 2 amide bonds. The van der Waals surface area contributed by atoms with Crippen molar-refractivity contribution in [3.63, 3.8) is 0 Å². The Morgan fingerprint density at radius 3 is 2.90 bits per heavy atom. The van der Waals surface area contributed by atoms with Crippen molar-refractivity contribution >= 4 is 22.8 Å². The van der Waals surface area contributed by atoms with E-state index in [0.717, 1.165) is 34.5 Å². The molecule has 146 valence electrons. The summed E-state index contributed by atoms with van der Waals surface area (Å²) < 4.78 is 7.68. The molecule has 0 bridgehead atoms. The highest BCUT2D eigenvalue weighted by Crippen LogP contribution is 2.25. The van der Waals surface area contributed by atoms with Crippen molar-refractivity contribution in [2.24, 2.45) is 0 Å². The molecule has 0 saturated carbocycles. The van der Waals surface area contributed by atoms with E-state index < -0.39 is 0 Å². The summed E-state index contributed by atoms with van der Waals surface area (Å²) in [5, 5.41) is 12.0. The zero-order valence-corrected chi connectivity index (χ0v) is 16.1. The van der Waals surface area contributed by atoms with Gasteiger partial charge in [-0.05, 0) is 31.2 Å². The molecule has 0 aliphatic carbocycles. The van der Waals surface area contributed by atoms with E-state index in [9.17, 15) is 4.79 Å². The summed E-state index contributed by atoms with van der Waals surface area (Å²) in [4.78, 5) is 23.0. The van der Waals surface area contributed by atoms with Gasteiger partial charge >= 0.3 is 6.03 Å². The van der Waals surface area contributed by atoms with Crippen LogP contribution in [-0.4, -0.2) is 42.2 Å². The van der Waals surface area contributed by atoms with E-state index in [-0.39, 0.29) is 6.03 Å². The van der Waals surface area contributed by atoms with Gasteiger partial charge in [-0.3, -0.25) is 5.32 Å². The standard InChI is InChI=1S/C20H19N7O2/c1-12-10-26-5-6-27(11-19(26)22-12)20(28)23-18-8-15-7-14(3-4-16(15)24-25-18)17-9-21-13(2)29-17/h3-4,7-10H,5-6,11H2,1-2H3,(H,23,25,28). The van der Waals surface area contributed by atoms with Gasteiger partial charge in [0.25, 0.3) is 0 Å². The van der Waals surface area contributed by atoms with Crippen LogP contribution in [0.1, 0.15) is 17.4 Å². The highest BCUT2D eigenvalue weighted by atomic mass is 16.4. The number of nitrogens with one attached hydrogen (secondary N) is 1. The second-order valence-electron chi connectivity index (χ2n) is 7.09. The Kier molecular flexibility index (Phi) is 4.01. The number of fused-ring (bicyclic) bond motifs is 2. The second-order valence-corrected chi connectivity index (χ2v) is 7.09. The number of carbonyl (C=O) groups is 1. The van der Waals surface area contributed by atoms with Crippen LogP contribution in [0.4, 0.5) is 10.6 Å². The topological polar surface area (TPSA) is 102 Å². The molecule has 0 radical (unpaired) electrons. The molecule has 5 rings (SSSR count). The summed E-state index contributed by atoms with van der Waals surface area (Å²) in [5.74, 6) is 2.59. The lowest BCUT2D eigenvalue weighted by molar-refractivity contribution is 0.195. The molecule has 0 atom stereocenters. The summed E-state index contributed by atoms with van der Waals surface area (Å²) >= 11 is 0. The fourth-order valence-electron chi connectivity index (χ4n) is 3.51. The van der Waals surface area contributed by atoms with Crippen LogP contribution in [-0.2, 0) is 13.1 Å². The first-order valence-electron chi connectivity index (χ1n) is 9.34. The van der Waals surface area contributed by atoms with Crippen molar-refractivity contribution in [1.82, 2.24) is 29.6 Å². The average molecular weight is 389 g/mol. The quantitative estimate of drug-likeness (QED) is 0.565. The first kappa shape index (κ1) is 17.4. The van der Waals surface area contributed by atoms with Crippen molar-refractivity contribution in [2.75, 3.05) is 11.9 Å². The summed E-state index contributed by atoms with van der Waals surface area (Å²) in [6, 6.07) is 7.32. The Balaban J connectivity index is 1.36. The highest BCUT2D eigenvalue weighted by molar-refractivity contribution is 5.91. The SMILES string of the molecule is Cc1cn2c(n1)CN(C(=O)Nc1cc3cc(-c4cnc(C)o4)ccc3nn1)CC2. The van der Waals surface area contributed by atoms with E-state index in [0.29, 0.717) is 30.6 Å². The fraction of sp³-hybridized carbons (Fsp3) is 0.250. The number of urea groups is 1. The zero-order valence-electron chi connectivity index (χ0n) is 16.1. The van der Waals surface area contributed by atoms with Gasteiger partial charge in [0.15, 0.2) is 17.5 Å². The zero-order chi connectivity index (χ0) is 20.0. The smallest absolute Gasteiger partial charge is 0.323 e. The van der Waals surface area contributed by atoms with Gasteiger partial charge in [-0.25, -0.2) is 14.8 Å². The number of aryl methyl sites for hydroxylation is 2. The molecule has 1 aromatic carbocycles. The van der Waals surface area contributed by atoms with Crippen molar-refractivity contribution < 1.29 is 9.21 Å². The monoisotopic (exact) mass is 389 g/mol. The summed E-state index contributed by atoms with van der Waals surface area (Å²) in [6.07, 6.45) is 3.70. The fourth-order valence-corrected chi connectivity index (χ4v) is 3.51. The largest absolute Gasteiger partial charge is 0.441 e. The van der Waals surface area contributed by atoms with Gasteiger partial charge in [-0.2, -0.15) is 0 Å². The summed E-state index contributed by atoms with van der Waals surface area (Å²) in [7, 11) is 0. The average Bonchev–Trinajstić information content (AvgIpc) is 3.31. The normalized spacial score (nSPS) is 13.5. The van der Waals surface area contributed by atoms with Crippen molar-refractivity contribution in [3.8, 4) is 11.3 Å². The van der Waals surface area contributed by atoms with E-state index in [4.69, 9.17) is 4.42 Å². The Bertz CT molecular complexity index is 1230. The number of carbonyl (C=O) groups excluding carboxylic acids is 1. The van der Waals surface area contributed by atoms with Gasteiger partial charge in [0.1, 0.15) is 5.82 Å². The summed E-state index contributed by atoms with van der Waals surface area (Å²) in [6.45, 7) is 5.57. The second kappa shape index (κ2) is 6.69. The maximum absolute atomic E-state index is 12.7. The third-order valence-corrected chi connectivity index (χ3v) is 4.94. The molecule has 0 spiro atoms. The first-order valence-corrected chi connectivity index (χ1v) is 9.34. The molecule has 1 aliphatic rings. The van der Waals surface area contributed by atoms with E-state index >= 15 is 0 Å². The minimum atomic E-state index is -0.215. The van der Waals surface area contributed by atoms with Crippen LogP contribution in [0.2, 0.25) is 0 Å². The lowest BCUT2D eigenvalue weighted by Crippen LogP contribution is -2.40. The van der Waals surface area contributed by atoms with Crippen LogP contribution in [0.25, 0.3) is 22.2 Å². The van der Waals surface area contributed by atoms with E-state index in [1.165, 1.54) is 0 Å². The molecule has 0 unspecified atom stereocenters. The third-order valence-electron chi connectivity index (χ3n) is 4.94. The molecule has 9 heteroatoms. The minimum Gasteiger partial charge on any atom is -0.441 e. The van der Waals surface area contributed by atoms with Crippen LogP contribution >= 0.6 is 0 Å². The number of anilines is 1. The minimum absolute atomic E-state index is 0.215. The maximum atomic E-state index is 12.7. The lowest BCUT2D eigenvalue weighted by Gasteiger charge is -2.27. The molecule has 0 saturated heterocycles. The number of hydrogen-bond donors (Lipinski definition) is 1. The predicted octanol–water partition coefficient (Wildman–Crippen LogP) is 3.15. The molecule has 0 fully saturated rings. The van der Waals surface area contributed by atoms with Gasteiger partial charge in [-0.15, -0.1) is 10.2 Å². The number of imidazole rings is 1. The van der Waals surface area contributed by atoms with Gasteiger partial charge in [-0.1, -0.05) is 0 Å². The maximum Gasteiger partial charge on any atom is 0.323 e. The number of aromatic nitrogens is 5. The Hall–Kier alpha value is -3.75. The van der Waals surface area contributed by atoms with Crippen LogP contribution in [0.3, 0.4) is 0 Å². The first-order chi connectivity index (χ1) is 14.0. The number of benzene rings is 1. The van der Waals surface area contributed by atoms with E-state index in [1.807, 2.05) is 37.4 Å². The molecule has 1 N–H and O–H groups in total. The van der Waals surface area contributed by atoms with Crippen molar-refractivity contribution in [3.05, 3.63) is 54.1 Å². The molecule has 29 heavy (non-hydrogen) atoms.